The Morgan fingerprint density at radius 2 is 1.66 bits per heavy atom. The van der Waals surface area contributed by atoms with Crippen LogP contribution in [-0.4, -0.2) is 18.9 Å². The van der Waals surface area contributed by atoms with E-state index in [1.54, 1.807) is 0 Å². The van der Waals surface area contributed by atoms with Gasteiger partial charge in [-0.05, 0) is 134 Å². The van der Waals surface area contributed by atoms with E-state index in [9.17, 15) is 17.8 Å². The SMILES string of the molecule is CC(C)c1cc(S(=O)(=O)O)c2c(c1OC(=O)c1c(I)ccc(I)c1I)CCCC2. The maximum Gasteiger partial charge on any atom is 0.345 e. The van der Waals surface area contributed by atoms with Crippen molar-refractivity contribution in [1.29, 1.82) is 0 Å². The molecule has 2 aromatic rings. The van der Waals surface area contributed by atoms with E-state index >= 15 is 0 Å². The van der Waals surface area contributed by atoms with Crippen molar-refractivity contribution in [3.63, 3.8) is 0 Å². The molecule has 156 valence electrons. The summed E-state index contributed by atoms with van der Waals surface area (Å²) in [5.74, 6) is -0.0938. The Balaban J connectivity index is 2.20. The molecule has 0 atom stereocenters. The fourth-order valence-corrected chi connectivity index (χ4v) is 6.67. The number of hydrogen-bond acceptors (Lipinski definition) is 4. The first-order valence-corrected chi connectivity index (χ1v) is 13.7. The molecule has 0 saturated heterocycles. The summed E-state index contributed by atoms with van der Waals surface area (Å²) in [6.07, 6.45) is 2.85. The lowest BCUT2D eigenvalue weighted by atomic mass is 9.87. The molecule has 29 heavy (non-hydrogen) atoms. The van der Waals surface area contributed by atoms with Crippen molar-refractivity contribution in [2.45, 2.75) is 50.3 Å². The molecule has 0 aromatic heterocycles. The minimum absolute atomic E-state index is 0.0610. The molecular weight excluding hydrogens is 733 g/mol. The molecule has 0 spiro atoms. The Labute approximate surface area is 211 Å². The summed E-state index contributed by atoms with van der Waals surface area (Å²) in [6, 6.07) is 5.29. The number of esters is 1. The Kier molecular flexibility index (Phi) is 7.55. The molecule has 0 unspecified atom stereocenters. The minimum atomic E-state index is -4.36. The van der Waals surface area contributed by atoms with Gasteiger partial charge >= 0.3 is 5.97 Å². The minimum Gasteiger partial charge on any atom is -0.422 e. The summed E-state index contributed by atoms with van der Waals surface area (Å²) in [5.41, 5.74) is 2.41. The molecule has 2 aromatic carbocycles. The van der Waals surface area contributed by atoms with E-state index in [0.29, 0.717) is 35.3 Å². The van der Waals surface area contributed by atoms with Gasteiger partial charge < -0.3 is 4.74 Å². The number of hydrogen-bond donors (Lipinski definition) is 1. The molecule has 0 amide bonds. The van der Waals surface area contributed by atoms with Crippen LogP contribution in [0.4, 0.5) is 0 Å². The van der Waals surface area contributed by atoms with Gasteiger partial charge in [-0.1, -0.05) is 13.8 Å². The highest BCUT2D eigenvalue weighted by Crippen LogP contribution is 2.41. The zero-order valence-corrected chi connectivity index (χ0v) is 23.0. The van der Waals surface area contributed by atoms with Crippen LogP contribution in [0, 0.1) is 10.7 Å². The second-order valence-corrected chi connectivity index (χ2v) is 12.0. The molecule has 3 rings (SSSR count). The highest BCUT2D eigenvalue weighted by Gasteiger charge is 2.30. The van der Waals surface area contributed by atoms with Crippen LogP contribution in [0.2, 0.25) is 0 Å². The van der Waals surface area contributed by atoms with Crippen molar-refractivity contribution in [2.24, 2.45) is 0 Å². The van der Waals surface area contributed by atoms with E-state index in [-0.39, 0.29) is 10.8 Å². The van der Waals surface area contributed by atoms with Crippen molar-refractivity contribution in [3.8, 4) is 5.75 Å². The summed E-state index contributed by atoms with van der Waals surface area (Å²) in [7, 11) is -4.36. The van der Waals surface area contributed by atoms with Crippen molar-refractivity contribution >= 4 is 83.9 Å². The summed E-state index contributed by atoms with van der Waals surface area (Å²) < 4.78 is 42.3. The number of carbonyl (C=O) groups is 1. The Morgan fingerprint density at radius 1 is 1.07 bits per heavy atom. The van der Waals surface area contributed by atoms with Gasteiger partial charge in [0.1, 0.15) is 5.75 Å². The van der Waals surface area contributed by atoms with Gasteiger partial charge in [0.2, 0.25) is 0 Å². The van der Waals surface area contributed by atoms with Gasteiger partial charge in [0, 0.05) is 10.7 Å². The quantitative estimate of drug-likeness (QED) is 0.137. The molecular formula is C20H19I3O5S. The van der Waals surface area contributed by atoms with Crippen LogP contribution in [0.1, 0.15) is 59.7 Å². The lowest BCUT2D eigenvalue weighted by Gasteiger charge is -2.25. The standard InChI is InChI=1S/C20H19I3O5S/c1-10(2)13-9-16(29(25,26)27)11-5-3-4-6-12(11)19(13)28-20(24)17-14(21)7-8-15(22)18(17)23/h7-10H,3-6H2,1-2H3,(H,25,26,27). The lowest BCUT2D eigenvalue weighted by Crippen LogP contribution is -2.19. The molecule has 0 radical (unpaired) electrons. The van der Waals surface area contributed by atoms with Crippen molar-refractivity contribution in [2.75, 3.05) is 0 Å². The van der Waals surface area contributed by atoms with Gasteiger partial charge in [0.15, 0.2) is 0 Å². The van der Waals surface area contributed by atoms with Crippen LogP contribution in [-0.2, 0) is 23.0 Å². The third-order valence-electron chi connectivity index (χ3n) is 4.93. The summed E-state index contributed by atoms with van der Waals surface area (Å²) in [4.78, 5) is 13.1. The van der Waals surface area contributed by atoms with Crippen LogP contribution in [0.25, 0.3) is 0 Å². The maximum atomic E-state index is 13.1. The second kappa shape index (κ2) is 9.25. The molecule has 1 aliphatic rings. The molecule has 9 heteroatoms. The Hall–Kier alpha value is 0.0100. The summed E-state index contributed by atoms with van der Waals surface area (Å²) in [6.45, 7) is 3.82. The van der Waals surface area contributed by atoms with Gasteiger partial charge in [-0.15, -0.1) is 0 Å². The fourth-order valence-electron chi connectivity index (χ4n) is 3.53. The van der Waals surface area contributed by atoms with Gasteiger partial charge in [-0.2, -0.15) is 8.42 Å². The third-order valence-corrected chi connectivity index (χ3v) is 9.80. The highest BCUT2D eigenvalue weighted by molar-refractivity contribution is 14.1. The van der Waals surface area contributed by atoms with E-state index in [1.807, 2.05) is 26.0 Å². The average Bonchev–Trinajstić information content (AvgIpc) is 2.64. The number of benzene rings is 2. The fraction of sp³-hybridized carbons (Fsp3) is 0.350. The summed E-state index contributed by atoms with van der Waals surface area (Å²) in [5, 5.41) is 0. The first-order valence-electron chi connectivity index (χ1n) is 9.04. The Bertz CT molecular complexity index is 1090. The first kappa shape index (κ1) is 23.7. The molecule has 0 bridgehead atoms. The highest BCUT2D eigenvalue weighted by atomic mass is 127. The zero-order valence-electron chi connectivity index (χ0n) is 15.8. The van der Waals surface area contributed by atoms with Crippen LogP contribution in [0.15, 0.2) is 23.1 Å². The predicted molar refractivity (Wildman–Crippen MR) is 137 cm³/mol. The van der Waals surface area contributed by atoms with Gasteiger partial charge in [-0.25, -0.2) is 4.79 Å². The topological polar surface area (TPSA) is 80.7 Å². The molecule has 0 saturated carbocycles. The zero-order chi connectivity index (χ0) is 21.5. The first-order chi connectivity index (χ1) is 13.5. The molecule has 0 fully saturated rings. The van der Waals surface area contributed by atoms with Crippen LogP contribution in [0.3, 0.4) is 0 Å². The number of ether oxygens (including phenoxy) is 1. The van der Waals surface area contributed by atoms with Crippen LogP contribution < -0.4 is 4.74 Å². The number of halogens is 3. The third kappa shape index (κ3) is 4.93. The van der Waals surface area contributed by atoms with Crippen LogP contribution in [0.5, 0.6) is 5.75 Å². The van der Waals surface area contributed by atoms with Gasteiger partial charge in [0.05, 0.1) is 10.5 Å². The maximum absolute atomic E-state index is 13.1. The molecule has 5 nitrogen and oxygen atoms in total. The average molecular weight is 752 g/mol. The Morgan fingerprint density at radius 3 is 2.24 bits per heavy atom. The van der Waals surface area contributed by atoms with E-state index in [2.05, 4.69) is 67.8 Å². The molecule has 0 aliphatic heterocycles. The largest absolute Gasteiger partial charge is 0.422 e. The molecule has 0 heterocycles. The van der Waals surface area contributed by atoms with E-state index < -0.39 is 16.1 Å². The normalized spacial score (nSPS) is 14.0. The van der Waals surface area contributed by atoms with E-state index in [1.165, 1.54) is 6.07 Å². The van der Waals surface area contributed by atoms with Crippen LogP contribution >= 0.6 is 67.8 Å². The van der Waals surface area contributed by atoms with Crippen molar-refractivity contribution in [1.82, 2.24) is 0 Å². The van der Waals surface area contributed by atoms with E-state index in [4.69, 9.17) is 4.74 Å². The second-order valence-electron chi connectivity index (χ2n) is 7.19. The summed E-state index contributed by atoms with van der Waals surface area (Å²) >= 11 is 6.45. The van der Waals surface area contributed by atoms with Crippen molar-refractivity contribution < 1.29 is 22.5 Å². The number of fused-ring (bicyclic) bond motifs is 1. The monoisotopic (exact) mass is 752 g/mol. The molecule has 1 aliphatic carbocycles. The molecule has 1 N–H and O–H groups in total. The smallest absolute Gasteiger partial charge is 0.345 e. The predicted octanol–water partition coefficient (Wildman–Crippen LogP) is 5.97. The van der Waals surface area contributed by atoms with Gasteiger partial charge in [-0.3, -0.25) is 4.55 Å². The number of rotatable bonds is 4. The van der Waals surface area contributed by atoms with E-state index in [0.717, 1.165) is 29.1 Å². The number of carbonyl (C=O) groups excluding carboxylic acids is 1. The lowest BCUT2D eigenvalue weighted by molar-refractivity contribution is 0.0728. The van der Waals surface area contributed by atoms with Gasteiger partial charge in [0.25, 0.3) is 10.1 Å². The van der Waals surface area contributed by atoms with Crippen molar-refractivity contribution in [3.05, 3.63) is 51.2 Å².